The first-order chi connectivity index (χ1) is 20.9. The lowest BCUT2D eigenvalue weighted by Crippen LogP contribution is -2.33. The smallest absolute Gasteiger partial charge is 0.267 e. The van der Waals surface area contributed by atoms with Crippen LogP contribution < -0.4 is 15.8 Å². The molecular weight excluding hydrogens is 548 g/mol. The third-order valence-electron chi connectivity index (χ3n) is 6.87. The van der Waals surface area contributed by atoms with Gasteiger partial charge in [-0.15, -0.1) is 0 Å². The molecule has 4 heterocycles. The van der Waals surface area contributed by atoms with E-state index in [1.54, 1.807) is 31.8 Å². The number of unbranched alkanes of at least 4 members (excludes halogenated alkanes) is 2. The number of H-pyrrole nitrogens is 1. The third-order valence-corrected chi connectivity index (χ3v) is 6.87. The van der Waals surface area contributed by atoms with Crippen LogP contribution in [0.25, 0.3) is 28.2 Å². The molecule has 0 aliphatic rings. The topological polar surface area (TPSA) is 175 Å². The number of Topliss-reactive ketones (excluding diaryl/α,β-unsaturated/α-hetero) is 1. The Bertz CT molecular complexity index is 1730. The molecule has 0 bridgehead atoms. The Morgan fingerprint density at radius 2 is 1.93 bits per heavy atom. The summed E-state index contributed by atoms with van der Waals surface area (Å²) in [6.07, 6.45) is 12.1. The second-order valence-corrected chi connectivity index (χ2v) is 9.97. The van der Waals surface area contributed by atoms with Crippen LogP contribution in [-0.4, -0.2) is 48.7 Å². The van der Waals surface area contributed by atoms with Crippen molar-refractivity contribution in [2.24, 2.45) is 5.73 Å². The number of amides is 1. The van der Waals surface area contributed by atoms with Gasteiger partial charge in [0.05, 0.1) is 36.8 Å². The molecule has 4 aromatic heterocycles. The van der Waals surface area contributed by atoms with Gasteiger partial charge in [0.1, 0.15) is 23.5 Å². The second-order valence-electron chi connectivity index (χ2n) is 9.97. The van der Waals surface area contributed by atoms with Gasteiger partial charge in [0, 0.05) is 47.6 Å². The number of nitrogens with one attached hydrogen (secondary N) is 2. The summed E-state index contributed by atoms with van der Waals surface area (Å²) in [5.41, 5.74) is 9.35. The predicted molar refractivity (Wildman–Crippen MR) is 160 cm³/mol. The van der Waals surface area contributed by atoms with Gasteiger partial charge in [-0.3, -0.25) is 14.6 Å². The van der Waals surface area contributed by atoms with Crippen LogP contribution in [0.5, 0.6) is 5.75 Å². The maximum Gasteiger partial charge on any atom is 0.267 e. The molecule has 5 aromatic rings. The van der Waals surface area contributed by atoms with Crippen molar-refractivity contribution in [2.45, 2.75) is 45.1 Å². The van der Waals surface area contributed by atoms with Gasteiger partial charge in [-0.2, -0.15) is 0 Å². The van der Waals surface area contributed by atoms with Gasteiger partial charge in [-0.1, -0.05) is 18.9 Å². The third kappa shape index (κ3) is 7.28. The molecule has 220 valence electrons. The van der Waals surface area contributed by atoms with Crippen molar-refractivity contribution in [3.63, 3.8) is 0 Å². The average molecular weight is 581 g/mol. The molecule has 0 unspecified atom stereocenters. The van der Waals surface area contributed by atoms with Crippen molar-refractivity contribution < 1.29 is 18.7 Å². The number of methoxy groups -OCH3 is 1. The summed E-state index contributed by atoms with van der Waals surface area (Å²) in [4.78, 5) is 50.0. The SMILES string of the molecule is COc1cc2nc(C)ccc2cc1-c1cnc([C@H](CCCCCC(=O)c2ncco2)NC(=O)C(N)=Cc2ncccn2)[nH]1. The molecule has 5 rings (SSSR count). The lowest BCUT2D eigenvalue weighted by molar-refractivity contribution is -0.118. The minimum Gasteiger partial charge on any atom is -0.496 e. The molecule has 1 aromatic carbocycles. The standard InChI is InChI=1S/C31H32N8O4/c1-19-9-10-20-15-21(27(42-2)17-24(20)37-19)25-18-36-29(38-25)23(7-4-3-5-8-26(40)31-35-13-14-43-31)39-30(41)22(32)16-28-33-11-6-12-34-28/h6,9-18,23H,3-5,7-8,32H2,1-2H3,(H,36,38)(H,39,41)/t23-/m0/s1. The number of rotatable bonds is 13. The fourth-order valence-electron chi connectivity index (χ4n) is 4.67. The maximum atomic E-state index is 13.1. The summed E-state index contributed by atoms with van der Waals surface area (Å²) in [5.74, 6) is 1.04. The van der Waals surface area contributed by atoms with Crippen LogP contribution in [-0.2, 0) is 4.79 Å². The van der Waals surface area contributed by atoms with E-state index in [0.717, 1.165) is 40.7 Å². The van der Waals surface area contributed by atoms with Gasteiger partial charge >= 0.3 is 0 Å². The van der Waals surface area contributed by atoms with Crippen molar-refractivity contribution in [2.75, 3.05) is 7.11 Å². The Morgan fingerprint density at radius 3 is 2.70 bits per heavy atom. The number of pyridine rings is 1. The summed E-state index contributed by atoms with van der Waals surface area (Å²) < 4.78 is 10.8. The number of aryl methyl sites for hydroxylation is 1. The number of hydrogen-bond acceptors (Lipinski definition) is 10. The van der Waals surface area contributed by atoms with Crippen molar-refractivity contribution in [1.29, 1.82) is 0 Å². The molecule has 4 N–H and O–H groups in total. The number of carbonyl (C=O) groups excluding carboxylic acids is 2. The molecule has 0 fully saturated rings. The fraction of sp³-hybridized carbons (Fsp3) is 0.258. The lowest BCUT2D eigenvalue weighted by atomic mass is 10.0. The van der Waals surface area contributed by atoms with Crippen LogP contribution in [0.15, 0.2) is 71.5 Å². The lowest BCUT2D eigenvalue weighted by Gasteiger charge is -2.17. The van der Waals surface area contributed by atoms with E-state index in [-0.39, 0.29) is 17.4 Å². The van der Waals surface area contributed by atoms with E-state index in [2.05, 4.69) is 35.2 Å². The van der Waals surface area contributed by atoms with Crippen molar-refractivity contribution in [3.8, 4) is 17.0 Å². The number of hydrogen-bond donors (Lipinski definition) is 3. The molecule has 0 aliphatic heterocycles. The molecule has 0 saturated carbocycles. The number of oxazole rings is 1. The summed E-state index contributed by atoms with van der Waals surface area (Å²) in [6.45, 7) is 1.94. The Kier molecular flexibility index (Phi) is 9.15. The highest BCUT2D eigenvalue weighted by Crippen LogP contribution is 2.33. The fourth-order valence-corrected chi connectivity index (χ4v) is 4.67. The van der Waals surface area contributed by atoms with E-state index in [1.165, 1.54) is 18.5 Å². The highest BCUT2D eigenvalue weighted by atomic mass is 16.5. The van der Waals surface area contributed by atoms with Crippen LogP contribution in [0.1, 0.15) is 66.2 Å². The number of nitrogens with zero attached hydrogens (tertiary/aromatic N) is 5. The van der Waals surface area contributed by atoms with Gasteiger partial charge in [-0.25, -0.2) is 19.9 Å². The number of imidazole rings is 1. The molecule has 12 nitrogen and oxygen atoms in total. The molecule has 0 spiro atoms. The van der Waals surface area contributed by atoms with Crippen LogP contribution in [0.2, 0.25) is 0 Å². The molecule has 1 amide bonds. The molecule has 43 heavy (non-hydrogen) atoms. The summed E-state index contributed by atoms with van der Waals surface area (Å²) in [6, 6.07) is 9.06. The minimum atomic E-state index is -0.483. The molecule has 0 radical (unpaired) electrons. The summed E-state index contributed by atoms with van der Waals surface area (Å²) >= 11 is 0. The van der Waals surface area contributed by atoms with Crippen molar-refractivity contribution in [1.82, 2.24) is 35.2 Å². The number of carbonyl (C=O) groups is 2. The normalized spacial score (nSPS) is 12.3. The number of ether oxygens (including phenoxy) is 1. The van der Waals surface area contributed by atoms with E-state index in [1.807, 2.05) is 31.2 Å². The number of benzene rings is 1. The van der Waals surface area contributed by atoms with Crippen LogP contribution in [0.3, 0.4) is 0 Å². The molecule has 0 saturated heterocycles. The quantitative estimate of drug-likeness (QED) is 0.100. The minimum absolute atomic E-state index is 0.0292. The first-order valence-electron chi connectivity index (χ1n) is 13.9. The van der Waals surface area contributed by atoms with Crippen molar-refractivity contribution >= 4 is 28.7 Å². The van der Waals surface area contributed by atoms with Gasteiger partial charge < -0.3 is 25.2 Å². The zero-order valence-electron chi connectivity index (χ0n) is 23.9. The summed E-state index contributed by atoms with van der Waals surface area (Å²) in [7, 11) is 1.61. The number of fused-ring (bicyclic) bond motifs is 1. The second kappa shape index (κ2) is 13.5. The van der Waals surface area contributed by atoms with E-state index in [9.17, 15) is 9.59 Å². The van der Waals surface area contributed by atoms with Crippen molar-refractivity contribution in [3.05, 3.63) is 90.3 Å². The molecular formula is C31H32N8O4. The predicted octanol–water partition coefficient (Wildman–Crippen LogP) is 4.71. The van der Waals surface area contributed by atoms with Gasteiger partial charge in [-0.05, 0) is 38.0 Å². The molecule has 1 atom stereocenters. The highest BCUT2D eigenvalue weighted by Gasteiger charge is 2.21. The van der Waals surface area contributed by atoms with E-state index >= 15 is 0 Å². The monoisotopic (exact) mass is 580 g/mol. The Morgan fingerprint density at radius 1 is 1.09 bits per heavy atom. The van der Waals surface area contributed by atoms with Gasteiger partial charge in [0.2, 0.25) is 5.78 Å². The first kappa shape index (κ1) is 29.1. The molecule has 0 aliphatic carbocycles. The number of nitrogens with two attached hydrogens (primary N) is 1. The van der Waals surface area contributed by atoms with Crippen LogP contribution in [0.4, 0.5) is 0 Å². The zero-order chi connectivity index (χ0) is 30.2. The number of ketones is 1. The van der Waals surface area contributed by atoms with Gasteiger partial charge in [0.25, 0.3) is 11.8 Å². The maximum absolute atomic E-state index is 13.1. The first-order valence-corrected chi connectivity index (χ1v) is 13.9. The highest BCUT2D eigenvalue weighted by molar-refractivity contribution is 5.96. The number of aromatic nitrogens is 6. The van der Waals surface area contributed by atoms with E-state index in [0.29, 0.717) is 36.7 Å². The van der Waals surface area contributed by atoms with Crippen LogP contribution in [0, 0.1) is 6.92 Å². The Labute approximate surface area is 247 Å². The van der Waals surface area contributed by atoms with E-state index in [4.69, 9.17) is 14.9 Å². The van der Waals surface area contributed by atoms with E-state index < -0.39 is 11.9 Å². The van der Waals surface area contributed by atoms with Gasteiger partial charge in [0.15, 0.2) is 5.82 Å². The van der Waals surface area contributed by atoms with Crippen LogP contribution >= 0.6 is 0 Å². The number of aromatic amines is 1. The zero-order valence-corrected chi connectivity index (χ0v) is 23.9. The average Bonchev–Trinajstić information content (AvgIpc) is 3.73. The largest absolute Gasteiger partial charge is 0.496 e. The Balaban J connectivity index is 1.34. The summed E-state index contributed by atoms with van der Waals surface area (Å²) in [5, 5.41) is 3.95. The Hall–Kier alpha value is -5.39. The molecule has 12 heteroatoms.